The Balaban J connectivity index is 2.17. The van der Waals surface area contributed by atoms with Crippen molar-refractivity contribution in [2.24, 2.45) is 5.73 Å². The van der Waals surface area contributed by atoms with E-state index in [1.54, 1.807) is 24.1 Å². The predicted octanol–water partition coefficient (Wildman–Crippen LogP) is 0.787. The minimum absolute atomic E-state index is 0.0573. The lowest BCUT2D eigenvalue weighted by molar-refractivity contribution is 0.0607. The van der Waals surface area contributed by atoms with Gasteiger partial charge in [0.15, 0.2) is 0 Å². The third kappa shape index (κ3) is 1.88. The van der Waals surface area contributed by atoms with Gasteiger partial charge >= 0.3 is 0 Å². The van der Waals surface area contributed by atoms with Crippen molar-refractivity contribution in [3.05, 3.63) is 29.3 Å². The summed E-state index contributed by atoms with van der Waals surface area (Å²) in [6.45, 7) is 3.23. The van der Waals surface area contributed by atoms with Crippen molar-refractivity contribution in [1.82, 2.24) is 4.90 Å². The molecule has 1 aromatic carbocycles. The van der Waals surface area contributed by atoms with Gasteiger partial charge in [-0.3, -0.25) is 4.79 Å². The molecule has 0 aliphatic carbocycles. The van der Waals surface area contributed by atoms with Crippen LogP contribution in [0, 0.1) is 6.92 Å². The van der Waals surface area contributed by atoms with Crippen molar-refractivity contribution >= 4 is 5.91 Å². The van der Waals surface area contributed by atoms with Crippen LogP contribution in [-0.2, 0) is 0 Å². The summed E-state index contributed by atoms with van der Waals surface area (Å²) in [5.41, 5.74) is 7.32. The lowest BCUT2D eigenvalue weighted by Crippen LogP contribution is -2.57. The van der Waals surface area contributed by atoms with Crippen molar-refractivity contribution < 1.29 is 9.53 Å². The minimum atomic E-state index is 0.0573. The number of hydrogen-bond donors (Lipinski definition) is 1. The SMILES string of the molecule is COc1ccc(C(=O)N2CC(N)C2)c(C)c1. The van der Waals surface area contributed by atoms with Crippen LogP contribution in [-0.4, -0.2) is 37.0 Å². The summed E-state index contributed by atoms with van der Waals surface area (Å²) in [4.78, 5) is 13.8. The maximum Gasteiger partial charge on any atom is 0.254 e. The van der Waals surface area contributed by atoms with E-state index in [0.29, 0.717) is 13.1 Å². The number of methoxy groups -OCH3 is 1. The zero-order valence-corrected chi connectivity index (χ0v) is 9.56. The van der Waals surface area contributed by atoms with Gasteiger partial charge in [-0.15, -0.1) is 0 Å². The van der Waals surface area contributed by atoms with Crippen LogP contribution in [0.3, 0.4) is 0 Å². The summed E-state index contributed by atoms with van der Waals surface area (Å²) in [6, 6.07) is 5.62. The number of aryl methyl sites for hydroxylation is 1. The molecule has 16 heavy (non-hydrogen) atoms. The van der Waals surface area contributed by atoms with E-state index in [-0.39, 0.29) is 11.9 Å². The Hall–Kier alpha value is -1.55. The Bertz CT molecular complexity index is 411. The Morgan fingerprint density at radius 1 is 1.50 bits per heavy atom. The molecule has 2 N–H and O–H groups in total. The van der Waals surface area contributed by atoms with E-state index in [4.69, 9.17) is 10.5 Å². The van der Waals surface area contributed by atoms with Gasteiger partial charge in [0.2, 0.25) is 0 Å². The predicted molar refractivity (Wildman–Crippen MR) is 61.6 cm³/mol. The summed E-state index contributed by atoms with van der Waals surface area (Å²) in [5, 5.41) is 0. The van der Waals surface area contributed by atoms with Crippen LogP contribution in [0.1, 0.15) is 15.9 Å². The van der Waals surface area contributed by atoms with Crippen molar-refractivity contribution in [3.8, 4) is 5.75 Å². The molecule has 0 aromatic heterocycles. The zero-order valence-electron chi connectivity index (χ0n) is 9.56. The zero-order chi connectivity index (χ0) is 11.7. The van der Waals surface area contributed by atoms with Crippen molar-refractivity contribution in [2.45, 2.75) is 13.0 Å². The summed E-state index contributed by atoms with van der Waals surface area (Å²) < 4.78 is 5.10. The number of likely N-dealkylation sites (tertiary alicyclic amines) is 1. The fourth-order valence-electron chi connectivity index (χ4n) is 1.85. The molecule has 1 heterocycles. The standard InChI is InChI=1S/C12H16N2O2/c1-8-5-10(16-2)3-4-11(8)12(15)14-6-9(13)7-14/h3-5,9H,6-7,13H2,1-2H3. The van der Waals surface area contributed by atoms with Gasteiger partial charge < -0.3 is 15.4 Å². The summed E-state index contributed by atoms with van der Waals surface area (Å²) in [6.07, 6.45) is 0. The molecule has 1 aromatic rings. The molecule has 0 unspecified atom stereocenters. The van der Waals surface area contributed by atoms with Gasteiger partial charge in [0.05, 0.1) is 7.11 Å². The van der Waals surface area contributed by atoms with E-state index < -0.39 is 0 Å². The first-order valence-electron chi connectivity index (χ1n) is 5.31. The van der Waals surface area contributed by atoms with Crippen molar-refractivity contribution in [2.75, 3.05) is 20.2 Å². The molecule has 1 amide bonds. The molecule has 4 nitrogen and oxygen atoms in total. The van der Waals surface area contributed by atoms with Crippen LogP contribution >= 0.6 is 0 Å². The molecule has 0 atom stereocenters. The average molecular weight is 220 g/mol. The number of ether oxygens (including phenoxy) is 1. The van der Waals surface area contributed by atoms with Gasteiger partial charge in [0, 0.05) is 24.7 Å². The number of carbonyl (C=O) groups excluding carboxylic acids is 1. The van der Waals surface area contributed by atoms with E-state index >= 15 is 0 Å². The van der Waals surface area contributed by atoms with Crippen LogP contribution in [0.4, 0.5) is 0 Å². The van der Waals surface area contributed by atoms with E-state index in [1.165, 1.54) is 0 Å². The average Bonchev–Trinajstić information content (AvgIpc) is 2.23. The fourth-order valence-corrected chi connectivity index (χ4v) is 1.85. The largest absolute Gasteiger partial charge is 0.497 e. The highest BCUT2D eigenvalue weighted by atomic mass is 16.5. The van der Waals surface area contributed by atoms with Crippen LogP contribution in [0.5, 0.6) is 5.75 Å². The third-order valence-electron chi connectivity index (χ3n) is 2.86. The van der Waals surface area contributed by atoms with E-state index in [1.807, 2.05) is 13.0 Å². The van der Waals surface area contributed by atoms with E-state index in [0.717, 1.165) is 16.9 Å². The molecule has 0 bridgehead atoms. The van der Waals surface area contributed by atoms with Crippen LogP contribution in [0.2, 0.25) is 0 Å². The van der Waals surface area contributed by atoms with Crippen molar-refractivity contribution in [1.29, 1.82) is 0 Å². The lowest BCUT2D eigenvalue weighted by atomic mass is 10.0. The lowest BCUT2D eigenvalue weighted by Gasteiger charge is -2.37. The van der Waals surface area contributed by atoms with Gasteiger partial charge in [-0.1, -0.05) is 0 Å². The molecule has 0 saturated carbocycles. The number of nitrogens with two attached hydrogens (primary N) is 1. The Labute approximate surface area is 95.0 Å². The molecule has 1 fully saturated rings. The van der Waals surface area contributed by atoms with Gasteiger partial charge in [-0.25, -0.2) is 0 Å². The monoisotopic (exact) mass is 220 g/mol. The third-order valence-corrected chi connectivity index (χ3v) is 2.86. The highest BCUT2D eigenvalue weighted by molar-refractivity contribution is 5.96. The number of amides is 1. The Morgan fingerprint density at radius 3 is 2.69 bits per heavy atom. The van der Waals surface area contributed by atoms with E-state index in [2.05, 4.69) is 0 Å². The molecular formula is C12H16N2O2. The first kappa shape index (κ1) is 11.0. The maximum atomic E-state index is 12.0. The van der Waals surface area contributed by atoms with Crippen LogP contribution in [0.15, 0.2) is 18.2 Å². The number of benzene rings is 1. The van der Waals surface area contributed by atoms with Gasteiger partial charge in [0.1, 0.15) is 5.75 Å². The normalized spacial score (nSPS) is 15.8. The van der Waals surface area contributed by atoms with Gasteiger partial charge in [0.25, 0.3) is 5.91 Å². The van der Waals surface area contributed by atoms with Crippen LogP contribution < -0.4 is 10.5 Å². The summed E-state index contributed by atoms with van der Waals surface area (Å²) in [5.74, 6) is 0.830. The molecule has 2 rings (SSSR count). The molecular weight excluding hydrogens is 204 g/mol. The van der Waals surface area contributed by atoms with Gasteiger partial charge in [-0.2, -0.15) is 0 Å². The molecule has 4 heteroatoms. The number of rotatable bonds is 2. The molecule has 1 aliphatic rings. The Morgan fingerprint density at radius 2 is 2.19 bits per heavy atom. The summed E-state index contributed by atoms with van der Waals surface area (Å²) >= 11 is 0. The van der Waals surface area contributed by atoms with Gasteiger partial charge in [-0.05, 0) is 30.7 Å². The minimum Gasteiger partial charge on any atom is -0.497 e. The highest BCUT2D eigenvalue weighted by Gasteiger charge is 2.28. The topological polar surface area (TPSA) is 55.6 Å². The first-order chi connectivity index (χ1) is 7.61. The molecule has 86 valence electrons. The smallest absolute Gasteiger partial charge is 0.254 e. The quantitative estimate of drug-likeness (QED) is 0.801. The van der Waals surface area contributed by atoms with Crippen molar-refractivity contribution in [3.63, 3.8) is 0 Å². The van der Waals surface area contributed by atoms with Crippen LogP contribution in [0.25, 0.3) is 0 Å². The molecule has 0 radical (unpaired) electrons. The Kier molecular flexibility index (Phi) is 2.83. The molecule has 0 spiro atoms. The number of hydrogen-bond acceptors (Lipinski definition) is 3. The highest BCUT2D eigenvalue weighted by Crippen LogP contribution is 2.20. The molecule has 1 aliphatic heterocycles. The number of carbonyl (C=O) groups is 1. The molecule has 1 saturated heterocycles. The first-order valence-corrected chi connectivity index (χ1v) is 5.31. The number of nitrogens with zero attached hydrogens (tertiary/aromatic N) is 1. The second kappa shape index (κ2) is 4.14. The second-order valence-corrected chi connectivity index (χ2v) is 4.15. The summed E-state index contributed by atoms with van der Waals surface area (Å²) in [7, 11) is 1.62. The second-order valence-electron chi connectivity index (χ2n) is 4.15. The maximum absolute atomic E-state index is 12.0. The fraction of sp³-hybridized carbons (Fsp3) is 0.417. The van der Waals surface area contributed by atoms with E-state index in [9.17, 15) is 4.79 Å².